The normalized spacial score (nSPS) is 10.7. The van der Waals surface area contributed by atoms with E-state index in [0.29, 0.717) is 6.42 Å². The van der Waals surface area contributed by atoms with Crippen LogP contribution in [-0.4, -0.2) is 18.1 Å². The second kappa shape index (κ2) is 7.63. The number of pyridine rings is 1. The summed E-state index contributed by atoms with van der Waals surface area (Å²) in [4.78, 5) is 15.5. The largest absolute Gasteiger partial charge is 0.469 e. The summed E-state index contributed by atoms with van der Waals surface area (Å²) in [6.45, 7) is 0. The second-order valence-corrected chi connectivity index (χ2v) is 4.97. The fraction of sp³-hybridized carbons (Fsp3) is 0.412. The van der Waals surface area contributed by atoms with E-state index in [4.69, 9.17) is 0 Å². The van der Waals surface area contributed by atoms with E-state index in [1.54, 1.807) is 0 Å². The summed E-state index contributed by atoms with van der Waals surface area (Å²) >= 11 is 0. The smallest absolute Gasteiger partial charge is 0.305 e. The number of methoxy groups -OCH3 is 1. The Labute approximate surface area is 120 Å². The SMILES string of the molecule is COC(=O)CCCCCCc1nccc2ccccc12. The molecule has 0 saturated heterocycles. The number of ether oxygens (including phenoxy) is 1. The molecule has 2 aromatic rings. The highest BCUT2D eigenvalue weighted by Crippen LogP contribution is 2.18. The summed E-state index contributed by atoms with van der Waals surface area (Å²) in [5.41, 5.74) is 1.18. The summed E-state index contributed by atoms with van der Waals surface area (Å²) in [6.07, 6.45) is 7.64. The van der Waals surface area contributed by atoms with Crippen LogP contribution in [0.2, 0.25) is 0 Å². The Morgan fingerprint density at radius 1 is 1.10 bits per heavy atom. The third-order valence-electron chi connectivity index (χ3n) is 3.53. The van der Waals surface area contributed by atoms with Gasteiger partial charge in [0, 0.05) is 23.7 Å². The van der Waals surface area contributed by atoms with Crippen LogP contribution >= 0.6 is 0 Å². The van der Waals surface area contributed by atoms with Gasteiger partial charge in [-0.05, 0) is 30.7 Å². The highest BCUT2D eigenvalue weighted by Gasteiger charge is 2.02. The van der Waals surface area contributed by atoms with Gasteiger partial charge in [-0.2, -0.15) is 0 Å². The second-order valence-electron chi connectivity index (χ2n) is 4.97. The lowest BCUT2D eigenvalue weighted by Crippen LogP contribution is -1.99. The molecule has 3 nitrogen and oxygen atoms in total. The van der Waals surface area contributed by atoms with Crippen LogP contribution in [0.15, 0.2) is 36.5 Å². The lowest BCUT2D eigenvalue weighted by atomic mass is 10.0. The lowest BCUT2D eigenvalue weighted by molar-refractivity contribution is -0.140. The molecule has 0 N–H and O–H groups in total. The van der Waals surface area contributed by atoms with Crippen molar-refractivity contribution >= 4 is 16.7 Å². The first-order valence-corrected chi connectivity index (χ1v) is 7.20. The summed E-state index contributed by atoms with van der Waals surface area (Å²) in [5, 5.41) is 2.51. The van der Waals surface area contributed by atoms with Crippen molar-refractivity contribution in [2.75, 3.05) is 7.11 Å². The highest BCUT2D eigenvalue weighted by molar-refractivity contribution is 5.84. The Morgan fingerprint density at radius 2 is 1.90 bits per heavy atom. The molecule has 0 amide bonds. The van der Waals surface area contributed by atoms with Gasteiger partial charge in [0.1, 0.15) is 0 Å². The Morgan fingerprint density at radius 3 is 2.75 bits per heavy atom. The van der Waals surface area contributed by atoms with Crippen molar-refractivity contribution in [3.63, 3.8) is 0 Å². The van der Waals surface area contributed by atoms with Gasteiger partial charge in [0.2, 0.25) is 0 Å². The first kappa shape index (κ1) is 14.5. The van der Waals surface area contributed by atoms with Crippen LogP contribution in [0.25, 0.3) is 10.8 Å². The number of benzene rings is 1. The molecule has 0 saturated carbocycles. The van der Waals surface area contributed by atoms with Gasteiger partial charge < -0.3 is 4.74 Å². The highest BCUT2D eigenvalue weighted by atomic mass is 16.5. The number of carbonyl (C=O) groups excluding carboxylic acids is 1. The maximum atomic E-state index is 11.0. The molecular weight excluding hydrogens is 250 g/mol. The Balaban J connectivity index is 1.77. The number of nitrogens with zero attached hydrogens (tertiary/aromatic N) is 1. The van der Waals surface area contributed by atoms with Gasteiger partial charge in [-0.3, -0.25) is 9.78 Å². The van der Waals surface area contributed by atoms with Crippen molar-refractivity contribution in [1.82, 2.24) is 4.98 Å². The van der Waals surface area contributed by atoms with Gasteiger partial charge in [-0.1, -0.05) is 37.1 Å². The molecule has 1 aromatic heterocycles. The number of hydrogen-bond acceptors (Lipinski definition) is 3. The van der Waals surface area contributed by atoms with Gasteiger partial charge in [0.05, 0.1) is 7.11 Å². The number of unbranched alkanes of at least 4 members (excludes halogenated alkanes) is 3. The van der Waals surface area contributed by atoms with Crippen LogP contribution in [0.4, 0.5) is 0 Å². The Hall–Kier alpha value is -1.90. The van der Waals surface area contributed by atoms with E-state index in [-0.39, 0.29) is 5.97 Å². The molecule has 0 atom stereocenters. The molecular formula is C17H21NO2. The summed E-state index contributed by atoms with van der Waals surface area (Å²) < 4.78 is 4.63. The molecule has 0 aliphatic heterocycles. The molecule has 20 heavy (non-hydrogen) atoms. The zero-order valence-corrected chi connectivity index (χ0v) is 12.0. The third kappa shape index (κ3) is 4.05. The van der Waals surface area contributed by atoms with Gasteiger partial charge in [0.25, 0.3) is 0 Å². The van der Waals surface area contributed by atoms with Crippen LogP contribution in [0.1, 0.15) is 37.8 Å². The predicted octanol–water partition coefficient (Wildman–Crippen LogP) is 3.90. The molecule has 1 heterocycles. The van der Waals surface area contributed by atoms with Crippen molar-refractivity contribution in [3.8, 4) is 0 Å². The van der Waals surface area contributed by atoms with E-state index in [1.165, 1.54) is 23.6 Å². The minimum Gasteiger partial charge on any atom is -0.469 e. The van der Waals surface area contributed by atoms with Crippen LogP contribution < -0.4 is 0 Å². The van der Waals surface area contributed by atoms with Crippen molar-refractivity contribution in [3.05, 3.63) is 42.2 Å². The van der Waals surface area contributed by atoms with Gasteiger partial charge in [-0.25, -0.2) is 0 Å². The molecule has 3 heteroatoms. The minimum atomic E-state index is -0.110. The average Bonchev–Trinajstić information content (AvgIpc) is 2.50. The zero-order valence-electron chi connectivity index (χ0n) is 12.0. The maximum absolute atomic E-state index is 11.0. The number of aromatic nitrogens is 1. The number of rotatable bonds is 7. The van der Waals surface area contributed by atoms with Crippen molar-refractivity contribution in [1.29, 1.82) is 0 Å². The number of esters is 1. The van der Waals surface area contributed by atoms with Crippen molar-refractivity contribution < 1.29 is 9.53 Å². The zero-order chi connectivity index (χ0) is 14.2. The van der Waals surface area contributed by atoms with Crippen molar-refractivity contribution in [2.45, 2.75) is 38.5 Å². The molecule has 0 spiro atoms. The molecule has 0 unspecified atom stereocenters. The first-order chi connectivity index (χ1) is 9.81. The van der Waals surface area contributed by atoms with Gasteiger partial charge >= 0.3 is 5.97 Å². The molecule has 106 valence electrons. The van der Waals surface area contributed by atoms with E-state index in [0.717, 1.165) is 32.1 Å². The summed E-state index contributed by atoms with van der Waals surface area (Å²) in [6, 6.07) is 10.4. The van der Waals surface area contributed by atoms with Gasteiger partial charge in [-0.15, -0.1) is 0 Å². The fourth-order valence-corrected chi connectivity index (χ4v) is 2.40. The maximum Gasteiger partial charge on any atom is 0.305 e. The van der Waals surface area contributed by atoms with Crippen LogP contribution in [0, 0.1) is 0 Å². The Kier molecular flexibility index (Phi) is 5.54. The van der Waals surface area contributed by atoms with Crippen LogP contribution in [0.3, 0.4) is 0 Å². The van der Waals surface area contributed by atoms with E-state index >= 15 is 0 Å². The van der Waals surface area contributed by atoms with E-state index in [2.05, 4.69) is 40.1 Å². The molecule has 0 aliphatic rings. The summed E-state index contributed by atoms with van der Waals surface area (Å²) in [7, 11) is 1.44. The molecule has 0 bridgehead atoms. The minimum absolute atomic E-state index is 0.110. The predicted molar refractivity (Wildman–Crippen MR) is 80.5 cm³/mol. The first-order valence-electron chi connectivity index (χ1n) is 7.20. The number of aryl methyl sites for hydroxylation is 1. The summed E-state index contributed by atoms with van der Waals surface area (Å²) in [5.74, 6) is -0.110. The van der Waals surface area contributed by atoms with Crippen LogP contribution in [0.5, 0.6) is 0 Å². The van der Waals surface area contributed by atoms with Crippen LogP contribution in [-0.2, 0) is 16.0 Å². The number of carbonyl (C=O) groups is 1. The number of fused-ring (bicyclic) bond motifs is 1. The third-order valence-corrected chi connectivity index (χ3v) is 3.53. The molecule has 0 radical (unpaired) electrons. The number of hydrogen-bond donors (Lipinski definition) is 0. The standard InChI is InChI=1S/C17H21NO2/c1-20-17(19)11-5-3-2-4-10-16-15-9-7-6-8-14(15)12-13-18-16/h6-9,12-13H,2-5,10-11H2,1H3. The average molecular weight is 271 g/mol. The van der Waals surface area contributed by atoms with Gasteiger partial charge in [0.15, 0.2) is 0 Å². The van der Waals surface area contributed by atoms with Crippen molar-refractivity contribution in [2.24, 2.45) is 0 Å². The molecule has 0 fully saturated rings. The molecule has 1 aromatic carbocycles. The van der Waals surface area contributed by atoms with E-state index in [1.807, 2.05) is 6.20 Å². The molecule has 2 rings (SSSR count). The quantitative estimate of drug-likeness (QED) is 0.566. The van der Waals surface area contributed by atoms with E-state index in [9.17, 15) is 4.79 Å². The Bertz CT molecular complexity index is 560. The monoisotopic (exact) mass is 271 g/mol. The molecule has 0 aliphatic carbocycles. The fourth-order valence-electron chi connectivity index (χ4n) is 2.40. The lowest BCUT2D eigenvalue weighted by Gasteiger charge is -2.05. The van der Waals surface area contributed by atoms with E-state index < -0.39 is 0 Å². The topological polar surface area (TPSA) is 39.2 Å².